The van der Waals surface area contributed by atoms with Crippen LogP contribution in [0.4, 0.5) is 0 Å². The van der Waals surface area contributed by atoms with Crippen LogP contribution in [-0.4, -0.2) is 43.6 Å². The predicted octanol–water partition coefficient (Wildman–Crippen LogP) is 3.52. The van der Waals surface area contributed by atoms with E-state index in [0.29, 0.717) is 0 Å². The number of hydrogen-bond acceptors (Lipinski definition) is 4. The SMILES string of the molecule is O[C@@H]1CCC[C@]12CCCN(Cc1c(-c3ccccc3)nc3ncccn13)C2. The highest BCUT2D eigenvalue weighted by Crippen LogP contribution is 2.45. The van der Waals surface area contributed by atoms with Crippen LogP contribution in [0.25, 0.3) is 17.0 Å². The number of rotatable bonds is 3. The summed E-state index contributed by atoms with van der Waals surface area (Å²) in [4.78, 5) is 11.8. The van der Waals surface area contributed by atoms with Gasteiger partial charge in [0.05, 0.1) is 17.5 Å². The Hall–Kier alpha value is -2.24. The van der Waals surface area contributed by atoms with Gasteiger partial charge in [0.25, 0.3) is 0 Å². The maximum Gasteiger partial charge on any atom is 0.234 e. The molecule has 1 N–H and O–H groups in total. The molecule has 5 nitrogen and oxygen atoms in total. The molecule has 27 heavy (non-hydrogen) atoms. The summed E-state index contributed by atoms with van der Waals surface area (Å²) in [6.45, 7) is 2.90. The topological polar surface area (TPSA) is 53.7 Å². The van der Waals surface area contributed by atoms with Crippen LogP contribution in [-0.2, 0) is 6.54 Å². The molecule has 1 spiro atoms. The summed E-state index contributed by atoms with van der Waals surface area (Å²) >= 11 is 0. The fraction of sp³-hybridized carbons (Fsp3) is 0.455. The van der Waals surface area contributed by atoms with Crippen LogP contribution < -0.4 is 0 Å². The molecule has 1 aromatic carbocycles. The van der Waals surface area contributed by atoms with E-state index in [1.54, 1.807) is 6.20 Å². The number of aliphatic hydroxyl groups excluding tert-OH is 1. The van der Waals surface area contributed by atoms with Crippen LogP contribution in [0, 0.1) is 5.41 Å². The lowest BCUT2D eigenvalue weighted by Crippen LogP contribution is -2.46. The van der Waals surface area contributed by atoms with Gasteiger partial charge < -0.3 is 5.11 Å². The summed E-state index contributed by atoms with van der Waals surface area (Å²) in [5.41, 5.74) is 3.43. The van der Waals surface area contributed by atoms with Gasteiger partial charge >= 0.3 is 0 Å². The van der Waals surface area contributed by atoms with Crippen LogP contribution in [0.1, 0.15) is 37.8 Å². The lowest BCUT2D eigenvalue weighted by Gasteiger charge is -2.42. The van der Waals surface area contributed by atoms with E-state index in [0.717, 1.165) is 68.8 Å². The van der Waals surface area contributed by atoms with E-state index in [1.165, 1.54) is 5.69 Å². The molecule has 0 unspecified atom stereocenters. The number of nitrogens with zero attached hydrogens (tertiary/aromatic N) is 4. The normalized spacial score (nSPS) is 26.2. The molecule has 1 saturated carbocycles. The van der Waals surface area contributed by atoms with Crippen molar-refractivity contribution in [2.75, 3.05) is 13.1 Å². The van der Waals surface area contributed by atoms with E-state index in [9.17, 15) is 5.11 Å². The Kier molecular flexibility index (Phi) is 4.21. The molecule has 3 aromatic rings. The number of aromatic nitrogens is 3. The molecule has 1 aliphatic carbocycles. The molecule has 5 heteroatoms. The second-order valence-corrected chi connectivity index (χ2v) is 8.15. The maximum atomic E-state index is 10.6. The first-order valence-corrected chi connectivity index (χ1v) is 10.0. The highest BCUT2D eigenvalue weighted by Gasteiger charge is 2.44. The lowest BCUT2D eigenvalue weighted by atomic mass is 9.76. The molecule has 0 bridgehead atoms. The predicted molar refractivity (Wildman–Crippen MR) is 105 cm³/mol. The largest absolute Gasteiger partial charge is 0.393 e. The molecule has 2 aliphatic rings. The molecule has 2 fully saturated rings. The van der Waals surface area contributed by atoms with Crippen molar-refractivity contribution < 1.29 is 5.11 Å². The average Bonchev–Trinajstić information content (AvgIpc) is 3.24. The van der Waals surface area contributed by atoms with Gasteiger partial charge in [0.1, 0.15) is 0 Å². The molecule has 2 atom stereocenters. The molecule has 1 aliphatic heterocycles. The average molecular weight is 362 g/mol. The van der Waals surface area contributed by atoms with Gasteiger partial charge in [-0.2, -0.15) is 0 Å². The zero-order valence-corrected chi connectivity index (χ0v) is 15.6. The summed E-state index contributed by atoms with van der Waals surface area (Å²) in [7, 11) is 0. The Balaban J connectivity index is 1.51. The van der Waals surface area contributed by atoms with Crippen molar-refractivity contribution in [1.82, 2.24) is 19.3 Å². The molecular formula is C22H26N4O. The summed E-state index contributed by atoms with van der Waals surface area (Å²) in [6, 6.07) is 12.3. The summed E-state index contributed by atoms with van der Waals surface area (Å²) in [5.74, 6) is 0.749. The van der Waals surface area contributed by atoms with Gasteiger partial charge in [0.2, 0.25) is 5.78 Å². The van der Waals surface area contributed by atoms with Crippen molar-refractivity contribution >= 4 is 5.78 Å². The first kappa shape index (κ1) is 16.9. The van der Waals surface area contributed by atoms with Gasteiger partial charge in [-0.25, -0.2) is 9.97 Å². The van der Waals surface area contributed by atoms with Gasteiger partial charge in [-0.15, -0.1) is 0 Å². The fourth-order valence-corrected chi connectivity index (χ4v) is 5.11. The number of imidazole rings is 1. The van der Waals surface area contributed by atoms with Crippen molar-refractivity contribution in [2.24, 2.45) is 5.41 Å². The number of likely N-dealkylation sites (tertiary alicyclic amines) is 1. The van der Waals surface area contributed by atoms with E-state index in [2.05, 4.69) is 44.7 Å². The Bertz CT molecular complexity index is 938. The Morgan fingerprint density at radius 3 is 2.78 bits per heavy atom. The van der Waals surface area contributed by atoms with Crippen LogP contribution in [0.3, 0.4) is 0 Å². The van der Waals surface area contributed by atoms with E-state index < -0.39 is 0 Å². The van der Waals surface area contributed by atoms with E-state index in [-0.39, 0.29) is 11.5 Å². The summed E-state index contributed by atoms with van der Waals surface area (Å²) in [6.07, 6.45) is 9.31. The van der Waals surface area contributed by atoms with Crippen LogP contribution in [0.5, 0.6) is 0 Å². The minimum atomic E-state index is -0.141. The minimum Gasteiger partial charge on any atom is -0.393 e. The number of hydrogen-bond donors (Lipinski definition) is 1. The second-order valence-electron chi connectivity index (χ2n) is 8.15. The highest BCUT2D eigenvalue weighted by molar-refractivity contribution is 5.65. The first-order chi connectivity index (χ1) is 13.3. The third kappa shape index (κ3) is 2.95. The molecule has 2 aromatic heterocycles. The number of fused-ring (bicyclic) bond motifs is 1. The Morgan fingerprint density at radius 2 is 1.96 bits per heavy atom. The minimum absolute atomic E-state index is 0.101. The fourth-order valence-electron chi connectivity index (χ4n) is 5.11. The molecule has 0 radical (unpaired) electrons. The summed E-state index contributed by atoms with van der Waals surface area (Å²) < 4.78 is 2.12. The first-order valence-electron chi connectivity index (χ1n) is 10.0. The van der Waals surface area contributed by atoms with E-state index in [1.807, 2.05) is 12.1 Å². The smallest absolute Gasteiger partial charge is 0.234 e. The molecule has 3 heterocycles. The third-order valence-electron chi connectivity index (χ3n) is 6.47. The molecular weight excluding hydrogens is 336 g/mol. The third-order valence-corrected chi connectivity index (χ3v) is 6.47. The van der Waals surface area contributed by atoms with E-state index >= 15 is 0 Å². The maximum absolute atomic E-state index is 10.6. The monoisotopic (exact) mass is 362 g/mol. The molecule has 140 valence electrons. The van der Waals surface area contributed by atoms with Gasteiger partial charge in [-0.05, 0) is 38.3 Å². The van der Waals surface area contributed by atoms with Crippen molar-refractivity contribution in [1.29, 1.82) is 0 Å². The highest BCUT2D eigenvalue weighted by atomic mass is 16.3. The molecule has 1 saturated heterocycles. The van der Waals surface area contributed by atoms with Crippen molar-refractivity contribution in [3.63, 3.8) is 0 Å². The van der Waals surface area contributed by atoms with Crippen molar-refractivity contribution in [2.45, 2.75) is 44.8 Å². The molecule has 0 amide bonds. The Morgan fingerprint density at radius 1 is 1.11 bits per heavy atom. The summed E-state index contributed by atoms with van der Waals surface area (Å²) in [5, 5.41) is 10.6. The zero-order chi connectivity index (χ0) is 18.3. The second kappa shape index (κ2) is 6.73. The van der Waals surface area contributed by atoms with Gasteiger partial charge in [-0.1, -0.05) is 36.8 Å². The van der Waals surface area contributed by atoms with Crippen LogP contribution >= 0.6 is 0 Å². The van der Waals surface area contributed by atoms with Gasteiger partial charge in [0.15, 0.2) is 0 Å². The van der Waals surface area contributed by atoms with E-state index in [4.69, 9.17) is 4.98 Å². The molecule has 5 rings (SSSR count). The van der Waals surface area contributed by atoms with Gasteiger partial charge in [-0.3, -0.25) is 9.30 Å². The van der Waals surface area contributed by atoms with Crippen molar-refractivity contribution in [3.8, 4) is 11.3 Å². The van der Waals surface area contributed by atoms with Crippen LogP contribution in [0.15, 0.2) is 48.8 Å². The Labute approximate surface area is 159 Å². The quantitative estimate of drug-likeness (QED) is 0.774. The van der Waals surface area contributed by atoms with Gasteiger partial charge in [0, 0.05) is 36.5 Å². The zero-order valence-electron chi connectivity index (χ0n) is 15.6. The number of aliphatic hydroxyl groups is 1. The van der Waals surface area contributed by atoms with Crippen molar-refractivity contribution in [3.05, 3.63) is 54.5 Å². The number of benzene rings is 1. The lowest BCUT2D eigenvalue weighted by molar-refractivity contribution is -0.0123. The standard InChI is InChI=1S/C22H26N4O/c27-19-9-4-10-22(19)11-5-13-25(16-22)15-18-20(17-7-2-1-3-8-17)24-21-23-12-6-14-26(18)21/h1-3,6-8,12,14,19,27H,4-5,9-11,13,15-16H2/t19-,22-/m1/s1. The number of piperidine rings is 1. The van der Waals surface area contributed by atoms with Crippen LogP contribution in [0.2, 0.25) is 0 Å².